The molecule has 0 heterocycles. The van der Waals surface area contributed by atoms with Gasteiger partial charge in [0.05, 0.1) is 0 Å². The van der Waals surface area contributed by atoms with Crippen LogP contribution in [0.15, 0.2) is 158 Å². The van der Waals surface area contributed by atoms with Gasteiger partial charge in [-0.1, -0.05) is 134 Å². The molecular formula is C39H26N2O2. The lowest BCUT2D eigenvalue weighted by molar-refractivity contribution is -0.128. The van der Waals surface area contributed by atoms with Gasteiger partial charge >= 0.3 is 5.97 Å². The number of benzene rings is 5. The van der Waals surface area contributed by atoms with Crippen molar-refractivity contribution in [2.24, 2.45) is 0 Å². The van der Waals surface area contributed by atoms with Gasteiger partial charge in [0.1, 0.15) is 23.5 Å². The maximum absolute atomic E-state index is 11.8. The first kappa shape index (κ1) is 28.3. The molecule has 43 heavy (non-hydrogen) atoms. The summed E-state index contributed by atoms with van der Waals surface area (Å²) in [5.41, 5.74) is 8.15. The summed E-state index contributed by atoms with van der Waals surface area (Å²) in [4.78, 5) is 11.8. The number of nitriles is 2. The van der Waals surface area contributed by atoms with Crippen LogP contribution in [0.25, 0.3) is 16.7 Å². The van der Waals surface area contributed by atoms with E-state index in [4.69, 9.17) is 4.74 Å². The quantitative estimate of drug-likeness (QED) is 0.0633. The molecule has 204 valence electrons. The van der Waals surface area contributed by atoms with Crippen molar-refractivity contribution in [2.45, 2.75) is 0 Å². The van der Waals surface area contributed by atoms with Gasteiger partial charge in [-0.15, -0.1) is 0 Å². The summed E-state index contributed by atoms with van der Waals surface area (Å²) in [6.45, 7) is 3.47. The highest BCUT2D eigenvalue weighted by Crippen LogP contribution is 2.38. The van der Waals surface area contributed by atoms with Gasteiger partial charge in [-0.25, -0.2) is 4.79 Å². The van der Waals surface area contributed by atoms with Crippen LogP contribution >= 0.6 is 0 Å². The monoisotopic (exact) mass is 554 g/mol. The van der Waals surface area contributed by atoms with E-state index in [1.807, 2.05) is 103 Å². The van der Waals surface area contributed by atoms with E-state index < -0.39 is 5.97 Å². The van der Waals surface area contributed by atoms with Gasteiger partial charge in [0.2, 0.25) is 0 Å². The van der Waals surface area contributed by atoms with Crippen molar-refractivity contribution >= 4 is 22.7 Å². The Morgan fingerprint density at radius 3 is 1.21 bits per heavy atom. The van der Waals surface area contributed by atoms with Crippen LogP contribution in [0.5, 0.6) is 5.75 Å². The molecule has 0 amide bonds. The Morgan fingerprint density at radius 1 is 0.512 bits per heavy atom. The zero-order valence-electron chi connectivity index (χ0n) is 23.3. The molecule has 0 aliphatic heterocycles. The van der Waals surface area contributed by atoms with Crippen LogP contribution in [0.1, 0.15) is 33.4 Å². The standard InChI is InChI=1S/C39H26N2O2/c1-2-36(42)43-35-24-22-33(23-25-35)39(30-16-10-5-11-17-30)38(29-14-8-4-9-15-29)32-20-18-31(19-21-32)37(34(26-40)27-41)28-12-6-3-7-13-28/h2-25H,1H2/b39-38+. The van der Waals surface area contributed by atoms with Gasteiger partial charge in [-0.3, -0.25) is 0 Å². The number of hydrogen-bond acceptors (Lipinski definition) is 4. The summed E-state index contributed by atoms with van der Waals surface area (Å²) in [5, 5.41) is 19.5. The van der Waals surface area contributed by atoms with Gasteiger partial charge in [0.15, 0.2) is 0 Å². The highest BCUT2D eigenvalue weighted by Gasteiger charge is 2.18. The number of carbonyl (C=O) groups is 1. The van der Waals surface area contributed by atoms with Crippen molar-refractivity contribution in [2.75, 3.05) is 0 Å². The van der Waals surface area contributed by atoms with E-state index in [-0.39, 0.29) is 5.57 Å². The second-order valence-corrected chi connectivity index (χ2v) is 9.55. The molecule has 0 atom stereocenters. The fourth-order valence-corrected chi connectivity index (χ4v) is 4.97. The second-order valence-electron chi connectivity index (χ2n) is 9.55. The third kappa shape index (κ3) is 6.41. The third-order valence-electron chi connectivity index (χ3n) is 6.90. The van der Waals surface area contributed by atoms with Gasteiger partial charge in [-0.2, -0.15) is 10.5 Å². The van der Waals surface area contributed by atoms with Crippen molar-refractivity contribution in [3.63, 3.8) is 0 Å². The van der Waals surface area contributed by atoms with Crippen molar-refractivity contribution in [1.82, 2.24) is 0 Å². The minimum absolute atomic E-state index is 0.0556. The highest BCUT2D eigenvalue weighted by molar-refractivity contribution is 6.04. The Balaban J connectivity index is 1.73. The van der Waals surface area contributed by atoms with Crippen LogP contribution in [-0.2, 0) is 4.79 Å². The van der Waals surface area contributed by atoms with Gasteiger partial charge < -0.3 is 4.74 Å². The Hall–Kier alpha value is -6.23. The fraction of sp³-hybridized carbons (Fsp3) is 0. The molecule has 0 fully saturated rings. The van der Waals surface area contributed by atoms with Crippen LogP contribution in [0.3, 0.4) is 0 Å². The van der Waals surface area contributed by atoms with Crippen molar-refractivity contribution in [3.05, 3.63) is 191 Å². The molecule has 0 aliphatic rings. The Morgan fingerprint density at radius 2 is 0.837 bits per heavy atom. The van der Waals surface area contributed by atoms with Gasteiger partial charge in [0, 0.05) is 11.6 Å². The third-order valence-corrected chi connectivity index (χ3v) is 6.90. The lowest BCUT2D eigenvalue weighted by Gasteiger charge is -2.19. The van der Waals surface area contributed by atoms with E-state index >= 15 is 0 Å². The van der Waals surface area contributed by atoms with Crippen molar-refractivity contribution < 1.29 is 9.53 Å². The van der Waals surface area contributed by atoms with E-state index in [0.717, 1.165) is 50.6 Å². The second kappa shape index (κ2) is 13.4. The molecular weight excluding hydrogens is 528 g/mol. The Labute approximate surface area is 251 Å². The first-order valence-electron chi connectivity index (χ1n) is 13.6. The smallest absolute Gasteiger partial charge is 0.335 e. The van der Waals surface area contributed by atoms with E-state index in [1.165, 1.54) is 0 Å². The summed E-state index contributed by atoms with van der Waals surface area (Å²) < 4.78 is 5.32. The predicted molar refractivity (Wildman–Crippen MR) is 170 cm³/mol. The van der Waals surface area contributed by atoms with Crippen molar-refractivity contribution in [3.8, 4) is 17.9 Å². The number of esters is 1. The minimum Gasteiger partial charge on any atom is -0.423 e. The molecule has 4 nitrogen and oxygen atoms in total. The molecule has 0 spiro atoms. The summed E-state index contributed by atoms with van der Waals surface area (Å²) in [5.74, 6) is -0.0887. The van der Waals surface area contributed by atoms with E-state index in [0.29, 0.717) is 11.3 Å². The Kier molecular flexibility index (Phi) is 8.83. The number of ether oxygens (including phenoxy) is 1. The van der Waals surface area contributed by atoms with Crippen LogP contribution in [-0.4, -0.2) is 5.97 Å². The van der Waals surface area contributed by atoms with Crippen LogP contribution in [0.4, 0.5) is 0 Å². The molecule has 5 rings (SSSR count). The van der Waals surface area contributed by atoms with Gasteiger partial charge in [0.25, 0.3) is 0 Å². The molecule has 0 aliphatic carbocycles. The maximum Gasteiger partial charge on any atom is 0.335 e. The molecule has 0 N–H and O–H groups in total. The number of nitrogens with zero attached hydrogens (tertiary/aromatic N) is 2. The summed E-state index contributed by atoms with van der Waals surface area (Å²) in [7, 11) is 0. The SMILES string of the molecule is C=CC(=O)Oc1ccc(/C(=C(\c2ccccc2)c2ccc(C(=C(C#N)C#N)c3ccccc3)cc2)c2ccccc2)cc1. The summed E-state index contributed by atoms with van der Waals surface area (Å²) in [6.07, 6.45) is 1.13. The lowest BCUT2D eigenvalue weighted by atomic mass is 9.85. The Bertz CT molecular complexity index is 1870. The topological polar surface area (TPSA) is 73.9 Å². The van der Waals surface area contributed by atoms with Gasteiger partial charge in [-0.05, 0) is 56.7 Å². The highest BCUT2D eigenvalue weighted by atomic mass is 16.5. The first-order chi connectivity index (χ1) is 21.1. The molecule has 4 heteroatoms. The molecule has 0 saturated heterocycles. The number of carbonyl (C=O) groups excluding carboxylic acids is 1. The predicted octanol–water partition coefficient (Wildman–Crippen LogP) is 8.63. The molecule has 5 aromatic carbocycles. The van der Waals surface area contributed by atoms with Crippen LogP contribution < -0.4 is 4.74 Å². The first-order valence-corrected chi connectivity index (χ1v) is 13.6. The molecule has 0 unspecified atom stereocenters. The average Bonchev–Trinajstić information content (AvgIpc) is 3.08. The fourth-order valence-electron chi connectivity index (χ4n) is 4.97. The van der Waals surface area contributed by atoms with Crippen LogP contribution in [0, 0.1) is 22.7 Å². The summed E-state index contributed by atoms with van der Waals surface area (Å²) >= 11 is 0. The average molecular weight is 555 g/mol. The van der Waals surface area contributed by atoms with E-state index in [2.05, 4.69) is 43.0 Å². The number of rotatable bonds is 8. The minimum atomic E-state index is -0.517. The molecule has 0 radical (unpaired) electrons. The van der Waals surface area contributed by atoms with E-state index in [1.54, 1.807) is 12.1 Å². The zero-order chi connectivity index (χ0) is 30.0. The number of hydrogen-bond donors (Lipinski definition) is 0. The normalized spacial score (nSPS) is 10.8. The van der Waals surface area contributed by atoms with E-state index in [9.17, 15) is 15.3 Å². The maximum atomic E-state index is 11.8. The largest absolute Gasteiger partial charge is 0.423 e. The molecule has 0 bridgehead atoms. The summed E-state index contributed by atoms with van der Waals surface area (Å²) in [6, 6.07) is 49.3. The number of allylic oxidation sites excluding steroid dienone is 1. The van der Waals surface area contributed by atoms with Crippen molar-refractivity contribution in [1.29, 1.82) is 10.5 Å². The lowest BCUT2D eigenvalue weighted by Crippen LogP contribution is -2.03. The molecule has 0 saturated carbocycles. The molecule has 5 aromatic rings. The molecule has 0 aromatic heterocycles. The zero-order valence-corrected chi connectivity index (χ0v) is 23.3. The van der Waals surface area contributed by atoms with Crippen LogP contribution in [0.2, 0.25) is 0 Å².